The fourth-order valence-corrected chi connectivity index (χ4v) is 1.65. The van der Waals surface area contributed by atoms with Crippen molar-refractivity contribution in [3.05, 3.63) is 22.4 Å². The van der Waals surface area contributed by atoms with Gasteiger partial charge >= 0.3 is 0 Å². The van der Waals surface area contributed by atoms with E-state index in [0.29, 0.717) is 4.83 Å². The van der Waals surface area contributed by atoms with E-state index in [-0.39, 0.29) is 0 Å². The van der Waals surface area contributed by atoms with Crippen molar-refractivity contribution in [3.63, 3.8) is 0 Å². The lowest BCUT2D eigenvalue weighted by molar-refractivity contribution is 1.17. The SMILES string of the molecule is CC(Br)c1cccs1. The summed E-state index contributed by atoms with van der Waals surface area (Å²) in [6.07, 6.45) is 0. The quantitative estimate of drug-likeness (QED) is 0.598. The first-order chi connectivity index (χ1) is 3.80. The number of rotatable bonds is 1. The van der Waals surface area contributed by atoms with E-state index in [1.54, 1.807) is 11.3 Å². The van der Waals surface area contributed by atoms with Crippen molar-refractivity contribution in [2.45, 2.75) is 11.8 Å². The normalized spacial score (nSPS) is 13.8. The molecular weight excluding hydrogens is 184 g/mol. The van der Waals surface area contributed by atoms with Crippen molar-refractivity contribution in [2.75, 3.05) is 0 Å². The first-order valence-electron chi connectivity index (χ1n) is 2.48. The molecule has 0 N–H and O–H groups in total. The van der Waals surface area contributed by atoms with Gasteiger partial charge in [-0.05, 0) is 18.4 Å². The van der Waals surface area contributed by atoms with Crippen LogP contribution in [0.3, 0.4) is 0 Å². The van der Waals surface area contributed by atoms with E-state index < -0.39 is 0 Å². The standard InChI is InChI=1S/C6H7BrS/c1-5(7)6-3-2-4-8-6/h2-5H,1H3. The Labute approximate surface area is 61.7 Å². The van der Waals surface area contributed by atoms with Gasteiger partial charge in [0.05, 0.1) is 0 Å². The maximum absolute atomic E-state index is 3.47. The zero-order valence-electron chi connectivity index (χ0n) is 4.60. The van der Waals surface area contributed by atoms with Gasteiger partial charge in [0.15, 0.2) is 0 Å². The van der Waals surface area contributed by atoms with Gasteiger partial charge in [0.25, 0.3) is 0 Å². The van der Waals surface area contributed by atoms with Gasteiger partial charge in [0.1, 0.15) is 0 Å². The Morgan fingerprint density at radius 1 is 1.75 bits per heavy atom. The van der Waals surface area contributed by atoms with E-state index in [9.17, 15) is 0 Å². The first-order valence-corrected chi connectivity index (χ1v) is 4.27. The Balaban J connectivity index is 2.77. The molecule has 0 radical (unpaired) electrons. The summed E-state index contributed by atoms with van der Waals surface area (Å²) in [5, 5.41) is 2.09. The fraction of sp³-hybridized carbons (Fsp3) is 0.333. The molecule has 0 aromatic carbocycles. The molecule has 1 heterocycles. The molecule has 0 saturated heterocycles. The van der Waals surface area contributed by atoms with Gasteiger partial charge in [0, 0.05) is 9.70 Å². The third-order valence-electron chi connectivity index (χ3n) is 0.935. The molecule has 1 rings (SSSR count). The molecule has 0 nitrogen and oxygen atoms in total. The van der Waals surface area contributed by atoms with Crippen LogP contribution in [-0.2, 0) is 0 Å². The van der Waals surface area contributed by atoms with Gasteiger partial charge in [-0.2, -0.15) is 0 Å². The van der Waals surface area contributed by atoms with Crippen molar-refractivity contribution in [3.8, 4) is 0 Å². The molecule has 1 atom stereocenters. The van der Waals surface area contributed by atoms with Crippen molar-refractivity contribution in [1.82, 2.24) is 0 Å². The van der Waals surface area contributed by atoms with E-state index in [1.807, 2.05) is 0 Å². The van der Waals surface area contributed by atoms with Crippen LogP contribution in [0.2, 0.25) is 0 Å². The highest BCUT2D eigenvalue weighted by Gasteiger charge is 1.97. The topological polar surface area (TPSA) is 0 Å². The minimum atomic E-state index is 0.516. The van der Waals surface area contributed by atoms with E-state index in [0.717, 1.165) is 0 Å². The second kappa shape index (κ2) is 2.65. The molecule has 1 unspecified atom stereocenters. The van der Waals surface area contributed by atoms with Crippen molar-refractivity contribution >= 4 is 27.3 Å². The van der Waals surface area contributed by atoms with Crippen LogP contribution in [0, 0.1) is 0 Å². The monoisotopic (exact) mass is 190 g/mol. The van der Waals surface area contributed by atoms with Crippen LogP contribution in [0.15, 0.2) is 17.5 Å². The number of hydrogen-bond acceptors (Lipinski definition) is 1. The first kappa shape index (κ1) is 6.30. The van der Waals surface area contributed by atoms with Gasteiger partial charge in [-0.3, -0.25) is 0 Å². The van der Waals surface area contributed by atoms with Crippen LogP contribution in [-0.4, -0.2) is 0 Å². The maximum atomic E-state index is 3.47. The maximum Gasteiger partial charge on any atom is 0.0461 e. The third-order valence-corrected chi connectivity index (χ3v) is 2.79. The van der Waals surface area contributed by atoms with E-state index in [1.165, 1.54) is 4.88 Å². The van der Waals surface area contributed by atoms with Gasteiger partial charge in [-0.25, -0.2) is 0 Å². The fourth-order valence-electron chi connectivity index (χ4n) is 0.518. The zero-order valence-corrected chi connectivity index (χ0v) is 7.00. The Morgan fingerprint density at radius 2 is 2.50 bits per heavy atom. The number of alkyl halides is 1. The lowest BCUT2D eigenvalue weighted by Gasteiger charge is -1.93. The smallest absolute Gasteiger partial charge is 0.0461 e. The number of halogens is 1. The van der Waals surface area contributed by atoms with E-state index in [2.05, 4.69) is 40.4 Å². The van der Waals surface area contributed by atoms with Crippen LogP contribution in [0.5, 0.6) is 0 Å². The molecule has 44 valence electrons. The van der Waals surface area contributed by atoms with Crippen LogP contribution in [0.4, 0.5) is 0 Å². The average Bonchev–Trinajstić information content (AvgIpc) is 2.12. The summed E-state index contributed by atoms with van der Waals surface area (Å²) < 4.78 is 0. The molecule has 0 aliphatic heterocycles. The second-order valence-electron chi connectivity index (χ2n) is 1.63. The minimum absolute atomic E-state index is 0.516. The van der Waals surface area contributed by atoms with Crippen LogP contribution >= 0.6 is 27.3 Å². The summed E-state index contributed by atoms with van der Waals surface area (Å²) in [5.41, 5.74) is 0. The van der Waals surface area contributed by atoms with E-state index >= 15 is 0 Å². The van der Waals surface area contributed by atoms with E-state index in [4.69, 9.17) is 0 Å². The Bertz CT molecular complexity index is 144. The summed E-state index contributed by atoms with van der Waals surface area (Å²) in [6, 6.07) is 4.20. The number of thiophene rings is 1. The molecule has 0 fully saturated rings. The van der Waals surface area contributed by atoms with Crippen molar-refractivity contribution in [1.29, 1.82) is 0 Å². The lowest BCUT2D eigenvalue weighted by Crippen LogP contribution is -1.71. The minimum Gasteiger partial charge on any atom is -0.148 e. The van der Waals surface area contributed by atoms with Crippen LogP contribution in [0.1, 0.15) is 16.6 Å². The van der Waals surface area contributed by atoms with Crippen LogP contribution in [0.25, 0.3) is 0 Å². The van der Waals surface area contributed by atoms with Gasteiger partial charge in [-0.15, -0.1) is 11.3 Å². The molecule has 2 heteroatoms. The molecule has 1 aromatic heterocycles. The predicted octanol–water partition coefficient (Wildman–Crippen LogP) is 3.20. The molecule has 0 aliphatic carbocycles. The largest absolute Gasteiger partial charge is 0.148 e. The molecule has 0 aliphatic rings. The highest BCUT2D eigenvalue weighted by atomic mass is 79.9. The van der Waals surface area contributed by atoms with Gasteiger partial charge in [0.2, 0.25) is 0 Å². The lowest BCUT2D eigenvalue weighted by atomic mass is 10.4. The Kier molecular flexibility index (Phi) is 2.08. The average molecular weight is 191 g/mol. The molecule has 8 heavy (non-hydrogen) atoms. The Morgan fingerprint density at radius 3 is 2.75 bits per heavy atom. The molecule has 0 saturated carbocycles. The van der Waals surface area contributed by atoms with Crippen molar-refractivity contribution < 1.29 is 0 Å². The third kappa shape index (κ3) is 1.33. The summed E-state index contributed by atoms with van der Waals surface area (Å²) in [6.45, 7) is 2.13. The number of hydrogen-bond donors (Lipinski definition) is 0. The van der Waals surface area contributed by atoms with Gasteiger partial charge < -0.3 is 0 Å². The summed E-state index contributed by atoms with van der Waals surface area (Å²) in [7, 11) is 0. The highest BCUT2D eigenvalue weighted by molar-refractivity contribution is 9.09. The summed E-state index contributed by atoms with van der Waals surface area (Å²) in [5.74, 6) is 0. The second-order valence-corrected chi connectivity index (χ2v) is 3.98. The van der Waals surface area contributed by atoms with Crippen molar-refractivity contribution in [2.24, 2.45) is 0 Å². The highest BCUT2D eigenvalue weighted by Crippen LogP contribution is 2.25. The molecule has 1 aromatic rings. The zero-order chi connectivity index (χ0) is 5.98. The summed E-state index contributed by atoms with van der Waals surface area (Å²) in [4.78, 5) is 1.91. The van der Waals surface area contributed by atoms with Gasteiger partial charge in [-0.1, -0.05) is 22.0 Å². The molecule has 0 spiro atoms. The molecular formula is C6H7BrS. The molecule has 0 amide bonds. The predicted molar refractivity (Wildman–Crippen MR) is 41.7 cm³/mol. The summed E-state index contributed by atoms with van der Waals surface area (Å²) >= 11 is 5.26. The van der Waals surface area contributed by atoms with Crippen LogP contribution < -0.4 is 0 Å². The molecule has 0 bridgehead atoms. The Hall–Kier alpha value is 0.180.